The van der Waals surface area contributed by atoms with Gasteiger partial charge in [0.05, 0.1) is 12.2 Å². The maximum atomic E-state index is 10.2. The van der Waals surface area contributed by atoms with Crippen LogP contribution in [0.3, 0.4) is 0 Å². The molecule has 1 aliphatic heterocycles. The van der Waals surface area contributed by atoms with Crippen LogP contribution in [0.4, 0.5) is 0 Å². The minimum atomic E-state index is -0.748. The topological polar surface area (TPSA) is 61.6 Å². The summed E-state index contributed by atoms with van der Waals surface area (Å²) in [4.78, 5) is 14.6. The molecule has 1 fully saturated rings. The molecule has 1 aliphatic rings. The quantitative estimate of drug-likeness (QED) is 0.552. The average Bonchev–Trinajstić information content (AvgIpc) is 2.25. The van der Waals surface area contributed by atoms with Crippen molar-refractivity contribution in [2.75, 3.05) is 6.61 Å². The second-order valence-corrected chi connectivity index (χ2v) is 5.47. The summed E-state index contributed by atoms with van der Waals surface area (Å²) in [6.45, 7) is 8.74. The molecule has 100 valence electrons. The van der Waals surface area contributed by atoms with E-state index in [1.54, 1.807) is 0 Å². The molecule has 0 aromatic carbocycles. The van der Waals surface area contributed by atoms with E-state index in [0.29, 0.717) is 17.8 Å². The van der Waals surface area contributed by atoms with Gasteiger partial charge < -0.3 is 9.57 Å². The van der Waals surface area contributed by atoms with Gasteiger partial charge in [-0.05, 0) is 30.6 Å². The summed E-state index contributed by atoms with van der Waals surface area (Å²) < 4.78 is 5.94. The maximum Gasteiger partial charge on any atom is 0.294 e. The molecule has 1 heterocycles. The van der Waals surface area contributed by atoms with E-state index in [-0.39, 0.29) is 18.8 Å². The molecule has 0 aromatic heterocycles. The van der Waals surface area contributed by atoms with Crippen molar-refractivity contribution in [3.8, 4) is 0 Å². The molecule has 0 aromatic rings. The van der Waals surface area contributed by atoms with Gasteiger partial charge in [0.15, 0.2) is 0 Å². The molecule has 0 bridgehead atoms. The van der Waals surface area contributed by atoms with Crippen molar-refractivity contribution in [3.63, 3.8) is 0 Å². The smallest absolute Gasteiger partial charge is 0.294 e. The molecule has 0 amide bonds. The molecular weight excluding hydrogens is 222 g/mol. The van der Waals surface area contributed by atoms with E-state index >= 15 is 0 Å². The molecule has 5 heteroatoms. The number of ether oxygens (including phenoxy) is 1. The number of hydrogen-bond acceptors (Lipinski definition) is 4. The van der Waals surface area contributed by atoms with E-state index in [9.17, 15) is 10.1 Å². The molecule has 3 unspecified atom stereocenters. The Balaban J connectivity index is 2.53. The highest BCUT2D eigenvalue weighted by atomic mass is 17.0. The van der Waals surface area contributed by atoms with Crippen LogP contribution in [0.25, 0.3) is 0 Å². The van der Waals surface area contributed by atoms with Gasteiger partial charge in [-0.1, -0.05) is 27.7 Å². The predicted octanol–water partition coefficient (Wildman–Crippen LogP) is 2.67. The van der Waals surface area contributed by atoms with Gasteiger partial charge >= 0.3 is 0 Å². The molecule has 1 rings (SSSR count). The zero-order valence-electron chi connectivity index (χ0n) is 11.1. The molecule has 0 N–H and O–H groups in total. The Bertz CT molecular complexity index is 255. The summed E-state index contributed by atoms with van der Waals surface area (Å²) >= 11 is 0. The first-order valence-corrected chi connectivity index (χ1v) is 6.34. The summed E-state index contributed by atoms with van der Waals surface area (Å²) in [6.07, 6.45) is 1.96. The van der Waals surface area contributed by atoms with Crippen LogP contribution < -0.4 is 0 Å². The van der Waals surface area contributed by atoms with Gasteiger partial charge in [0.25, 0.3) is 5.09 Å². The van der Waals surface area contributed by atoms with Crippen LogP contribution in [-0.2, 0) is 9.57 Å². The summed E-state index contributed by atoms with van der Waals surface area (Å²) in [5, 5.41) is 9.41. The zero-order valence-corrected chi connectivity index (χ0v) is 11.1. The predicted molar refractivity (Wildman–Crippen MR) is 64.0 cm³/mol. The number of nitrogens with zero attached hydrogens (tertiary/aromatic N) is 1. The second-order valence-electron chi connectivity index (χ2n) is 5.47. The Morgan fingerprint density at radius 1 is 1.29 bits per heavy atom. The average molecular weight is 245 g/mol. The van der Waals surface area contributed by atoms with Crippen molar-refractivity contribution in [2.45, 2.75) is 52.7 Å². The van der Waals surface area contributed by atoms with Gasteiger partial charge in [-0.15, -0.1) is 10.1 Å². The van der Waals surface area contributed by atoms with Gasteiger partial charge in [0.2, 0.25) is 0 Å². The zero-order chi connectivity index (χ0) is 13.0. The van der Waals surface area contributed by atoms with Crippen LogP contribution in [0, 0.1) is 27.9 Å². The van der Waals surface area contributed by atoms with Crippen molar-refractivity contribution < 1.29 is 14.7 Å². The molecule has 3 atom stereocenters. The van der Waals surface area contributed by atoms with Crippen LogP contribution in [0.2, 0.25) is 0 Å². The first-order valence-electron chi connectivity index (χ1n) is 6.34. The summed E-state index contributed by atoms with van der Waals surface area (Å²) in [5.41, 5.74) is 0. The fourth-order valence-corrected chi connectivity index (χ4v) is 2.56. The van der Waals surface area contributed by atoms with Crippen LogP contribution in [0.5, 0.6) is 0 Å². The van der Waals surface area contributed by atoms with Gasteiger partial charge in [-0.3, -0.25) is 0 Å². The molecular formula is C12H23NO4. The van der Waals surface area contributed by atoms with E-state index < -0.39 is 5.09 Å². The first-order chi connectivity index (χ1) is 7.91. The molecule has 17 heavy (non-hydrogen) atoms. The van der Waals surface area contributed by atoms with Crippen LogP contribution in [0.1, 0.15) is 40.5 Å². The van der Waals surface area contributed by atoms with Crippen LogP contribution in [-0.4, -0.2) is 23.9 Å². The molecule has 0 aliphatic carbocycles. The van der Waals surface area contributed by atoms with Crippen molar-refractivity contribution in [3.05, 3.63) is 10.1 Å². The minimum Gasteiger partial charge on any atom is -0.372 e. The standard InChI is InChI=1S/C12H23NO4/c1-8(2)11-6-5-10(7-16-13(14)15)17-12(11)9(3)4/h8-12H,5-7H2,1-4H3. The van der Waals surface area contributed by atoms with E-state index in [1.807, 2.05) is 0 Å². The lowest BCUT2D eigenvalue weighted by atomic mass is 9.79. The van der Waals surface area contributed by atoms with E-state index in [2.05, 4.69) is 32.5 Å². The lowest BCUT2D eigenvalue weighted by Gasteiger charge is -2.40. The van der Waals surface area contributed by atoms with Crippen LogP contribution >= 0.6 is 0 Å². The highest BCUT2D eigenvalue weighted by Gasteiger charge is 2.35. The summed E-state index contributed by atoms with van der Waals surface area (Å²) in [6, 6.07) is 0. The fraction of sp³-hybridized carbons (Fsp3) is 1.00. The Kier molecular flexibility index (Phi) is 5.18. The largest absolute Gasteiger partial charge is 0.372 e. The maximum absolute atomic E-state index is 10.2. The minimum absolute atomic E-state index is 0.0566. The lowest BCUT2D eigenvalue weighted by Crippen LogP contribution is -2.42. The van der Waals surface area contributed by atoms with E-state index in [0.717, 1.165) is 12.8 Å². The summed E-state index contributed by atoms with van der Waals surface area (Å²) in [5.74, 6) is 1.56. The van der Waals surface area contributed by atoms with E-state index in [1.165, 1.54) is 0 Å². The first kappa shape index (κ1) is 14.2. The number of hydrogen-bond donors (Lipinski definition) is 0. The Morgan fingerprint density at radius 2 is 1.94 bits per heavy atom. The molecule has 1 saturated heterocycles. The number of rotatable bonds is 5. The van der Waals surface area contributed by atoms with Crippen LogP contribution in [0.15, 0.2) is 0 Å². The van der Waals surface area contributed by atoms with Gasteiger partial charge in [-0.25, -0.2) is 0 Å². The lowest BCUT2D eigenvalue weighted by molar-refractivity contribution is -0.759. The van der Waals surface area contributed by atoms with Crippen molar-refractivity contribution in [1.82, 2.24) is 0 Å². The Morgan fingerprint density at radius 3 is 2.41 bits per heavy atom. The van der Waals surface area contributed by atoms with Gasteiger partial charge in [-0.2, -0.15) is 0 Å². The normalized spacial score (nSPS) is 29.6. The fourth-order valence-electron chi connectivity index (χ4n) is 2.56. The molecule has 5 nitrogen and oxygen atoms in total. The second kappa shape index (κ2) is 6.19. The Labute approximate surface area is 103 Å². The molecule has 0 radical (unpaired) electrons. The van der Waals surface area contributed by atoms with Gasteiger partial charge in [0, 0.05) is 0 Å². The SMILES string of the molecule is CC(C)C1CCC(CO[N+](=O)[O-])OC1C(C)C. The third-order valence-corrected chi connectivity index (χ3v) is 3.47. The van der Waals surface area contributed by atoms with Gasteiger partial charge in [0.1, 0.15) is 6.61 Å². The highest BCUT2D eigenvalue weighted by Crippen LogP contribution is 2.34. The third-order valence-electron chi connectivity index (χ3n) is 3.47. The third kappa shape index (κ3) is 4.15. The highest BCUT2D eigenvalue weighted by molar-refractivity contribution is 4.82. The summed E-state index contributed by atoms with van der Waals surface area (Å²) in [7, 11) is 0. The molecule has 0 spiro atoms. The Hall–Kier alpha value is -0.840. The van der Waals surface area contributed by atoms with E-state index in [4.69, 9.17) is 4.74 Å². The van der Waals surface area contributed by atoms with Crippen molar-refractivity contribution in [1.29, 1.82) is 0 Å². The molecule has 0 saturated carbocycles. The monoisotopic (exact) mass is 245 g/mol. The van der Waals surface area contributed by atoms with Crippen molar-refractivity contribution >= 4 is 0 Å². The van der Waals surface area contributed by atoms with Crippen molar-refractivity contribution in [2.24, 2.45) is 17.8 Å².